The molecule has 1 unspecified atom stereocenters. The van der Waals surface area contributed by atoms with Crippen molar-refractivity contribution in [3.8, 4) is 0 Å². The van der Waals surface area contributed by atoms with Crippen LogP contribution >= 0.6 is 0 Å². The van der Waals surface area contributed by atoms with Gasteiger partial charge in [0.2, 0.25) is 0 Å². The minimum absolute atomic E-state index is 0.216. The topological polar surface area (TPSA) is 58.8 Å². The number of benzene rings is 1. The second kappa shape index (κ2) is 6.57. The lowest BCUT2D eigenvalue weighted by Gasteiger charge is -2.40. The standard InChI is InChI=1S/C17H27N3O2/c1-13-11-20(16(21)22-17(2,3)4)10-9-19(13)12-14-5-7-15(18)8-6-14/h5-8,13H,9-12,18H2,1-4H3. The predicted octanol–water partition coefficient (Wildman–Crippen LogP) is 2.71. The van der Waals surface area contributed by atoms with Gasteiger partial charge in [0.05, 0.1) is 0 Å². The van der Waals surface area contributed by atoms with Crippen molar-refractivity contribution in [2.45, 2.75) is 45.9 Å². The van der Waals surface area contributed by atoms with Gasteiger partial charge in [-0.25, -0.2) is 4.79 Å². The molecule has 0 aromatic heterocycles. The molecule has 0 saturated carbocycles. The molecule has 1 aromatic rings. The number of rotatable bonds is 2. The molecule has 1 aliphatic heterocycles. The highest BCUT2D eigenvalue weighted by Crippen LogP contribution is 2.17. The summed E-state index contributed by atoms with van der Waals surface area (Å²) in [6.45, 7) is 11.0. The number of hydrogen-bond acceptors (Lipinski definition) is 4. The summed E-state index contributed by atoms with van der Waals surface area (Å²) >= 11 is 0. The van der Waals surface area contributed by atoms with Crippen LogP contribution in [0, 0.1) is 0 Å². The summed E-state index contributed by atoms with van der Waals surface area (Å²) in [6.07, 6.45) is -0.216. The molecular weight excluding hydrogens is 278 g/mol. The van der Waals surface area contributed by atoms with Crippen molar-refractivity contribution in [3.63, 3.8) is 0 Å². The van der Waals surface area contributed by atoms with Gasteiger partial charge in [-0.15, -0.1) is 0 Å². The largest absolute Gasteiger partial charge is 0.444 e. The summed E-state index contributed by atoms with van der Waals surface area (Å²) < 4.78 is 5.45. The molecule has 122 valence electrons. The Morgan fingerprint density at radius 3 is 2.45 bits per heavy atom. The molecule has 5 heteroatoms. The zero-order chi connectivity index (χ0) is 16.3. The molecule has 0 spiro atoms. The van der Waals surface area contributed by atoms with E-state index in [2.05, 4.69) is 24.0 Å². The Hall–Kier alpha value is -1.75. The van der Waals surface area contributed by atoms with E-state index in [1.165, 1.54) is 5.56 Å². The van der Waals surface area contributed by atoms with E-state index in [4.69, 9.17) is 10.5 Å². The second-order valence-electron chi connectivity index (χ2n) is 6.99. The summed E-state index contributed by atoms with van der Waals surface area (Å²) in [4.78, 5) is 16.3. The molecule has 0 bridgehead atoms. The third-order valence-electron chi connectivity index (χ3n) is 3.78. The third kappa shape index (κ3) is 4.63. The molecule has 1 fully saturated rings. The lowest BCUT2D eigenvalue weighted by molar-refractivity contribution is 0.00461. The lowest BCUT2D eigenvalue weighted by atomic mass is 10.1. The van der Waals surface area contributed by atoms with E-state index in [0.29, 0.717) is 19.1 Å². The van der Waals surface area contributed by atoms with Gasteiger partial charge in [-0.3, -0.25) is 4.90 Å². The molecule has 1 heterocycles. The normalized spacial score (nSPS) is 20.0. The Labute approximate surface area is 133 Å². The maximum absolute atomic E-state index is 12.1. The van der Waals surface area contributed by atoms with E-state index in [1.807, 2.05) is 32.9 Å². The van der Waals surface area contributed by atoms with Gasteiger partial charge in [-0.1, -0.05) is 12.1 Å². The van der Waals surface area contributed by atoms with Gasteiger partial charge < -0.3 is 15.4 Å². The van der Waals surface area contributed by atoms with Crippen LogP contribution in [0.3, 0.4) is 0 Å². The number of hydrogen-bond donors (Lipinski definition) is 1. The van der Waals surface area contributed by atoms with Crippen molar-refractivity contribution >= 4 is 11.8 Å². The first kappa shape index (κ1) is 16.6. The van der Waals surface area contributed by atoms with Crippen molar-refractivity contribution in [1.29, 1.82) is 0 Å². The van der Waals surface area contributed by atoms with Gasteiger partial charge in [0, 0.05) is 37.9 Å². The number of piperazine rings is 1. The van der Waals surface area contributed by atoms with Crippen LogP contribution < -0.4 is 5.73 Å². The molecule has 0 radical (unpaired) electrons. The Balaban J connectivity index is 1.90. The van der Waals surface area contributed by atoms with Crippen LogP contribution in [-0.2, 0) is 11.3 Å². The van der Waals surface area contributed by atoms with Gasteiger partial charge in [0.25, 0.3) is 0 Å². The maximum atomic E-state index is 12.1. The predicted molar refractivity (Wildman–Crippen MR) is 88.5 cm³/mol. The molecule has 22 heavy (non-hydrogen) atoms. The first-order valence-electron chi connectivity index (χ1n) is 7.81. The van der Waals surface area contributed by atoms with E-state index < -0.39 is 5.60 Å². The summed E-state index contributed by atoms with van der Waals surface area (Å²) in [7, 11) is 0. The molecule has 1 aromatic carbocycles. The Morgan fingerprint density at radius 2 is 1.91 bits per heavy atom. The number of anilines is 1. The first-order valence-corrected chi connectivity index (χ1v) is 7.81. The average molecular weight is 305 g/mol. The van der Waals surface area contributed by atoms with Gasteiger partial charge in [-0.05, 0) is 45.4 Å². The summed E-state index contributed by atoms with van der Waals surface area (Å²) in [6, 6.07) is 8.28. The fraction of sp³-hybridized carbons (Fsp3) is 0.588. The highest BCUT2D eigenvalue weighted by molar-refractivity contribution is 5.68. The van der Waals surface area contributed by atoms with E-state index in [-0.39, 0.29) is 6.09 Å². The van der Waals surface area contributed by atoms with Gasteiger partial charge in [-0.2, -0.15) is 0 Å². The van der Waals surface area contributed by atoms with Crippen LogP contribution in [0.5, 0.6) is 0 Å². The fourth-order valence-corrected chi connectivity index (χ4v) is 2.58. The molecule has 1 aliphatic rings. The number of carbonyl (C=O) groups excluding carboxylic acids is 1. The molecule has 1 saturated heterocycles. The summed E-state index contributed by atoms with van der Waals surface area (Å²) in [5.41, 5.74) is 7.30. The van der Waals surface area contributed by atoms with Gasteiger partial charge >= 0.3 is 6.09 Å². The monoisotopic (exact) mass is 305 g/mol. The second-order valence-corrected chi connectivity index (χ2v) is 6.99. The molecule has 1 amide bonds. The highest BCUT2D eigenvalue weighted by Gasteiger charge is 2.29. The quantitative estimate of drug-likeness (QED) is 0.854. The van der Waals surface area contributed by atoms with E-state index in [9.17, 15) is 4.79 Å². The summed E-state index contributed by atoms with van der Waals surface area (Å²) in [5, 5.41) is 0. The van der Waals surface area contributed by atoms with E-state index in [0.717, 1.165) is 18.8 Å². The Kier molecular flexibility index (Phi) is 4.96. The fourth-order valence-electron chi connectivity index (χ4n) is 2.58. The van der Waals surface area contributed by atoms with Crippen LogP contribution in [0.25, 0.3) is 0 Å². The molecular formula is C17H27N3O2. The number of carbonyl (C=O) groups is 1. The van der Waals surface area contributed by atoms with Gasteiger partial charge in [0.1, 0.15) is 5.60 Å². The third-order valence-corrected chi connectivity index (χ3v) is 3.78. The van der Waals surface area contributed by atoms with Crippen molar-refractivity contribution < 1.29 is 9.53 Å². The molecule has 2 rings (SSSR count). The zero-order valence-corrected chi connectivity index (χ0v) is 14.0. The lowest BCUT2D eigenvalue weighted by Crippen LogP contribution is -2.54. The molecule has 0 aliphatic carbocycles. The molecule has 5 nitrogen and oxygen atoms in total. The minimum Gasteiger partial charge on any atom is -0.444 e. The summed E-state index contributed by atoms with van der Waals surface area (Å²) in [5.74, 6) is 0. The van der Waals surface area contributed by atoms with Crippen molar-refractivity contribution in [2.75, 3.05) is 25.4 Å². The van der Waals surface area contributed by atoms with Gasteiger partial charge in [0.15, 0.2) is 0 Å². The van der Waals surface area contributed by atoms with E-state index in [1.54, 1.807) is 4.90 Å². The molecule has 1 atom stereocenters. The Bertz CT molecular complexity index is 508. The van der Waals surface area contributed by atoms with Crippen molar-refractivity contribution in [1.82, 2.24) is 9.80 Å². The number of amides is 1. The smallest absolute Gasteiger partial charge is 0.410 e. The number of nitrogens with two attached hydrogens (primary N) is 1. The first-order chi connectivity index (χ1) is 10.2. The van der Waals surface area contributed by atoms with Crippen molar-refractivity contribution in [2.24, 2.45) is 0 Å². The average Bonchev–Trinajstić information content (AvgIpc) is 2.41. The Morgan fingerprint density at radius 1 is 1.27 bits per heavy atom. The number of nitrogen functional groups attached to an aromatic ring is 1. The number of nitrogens with zero attached hydrogens (tertiary/aromatic N) is 2. The maximum Gasteiger partial charge on any atom is 0.410 e. The number of ether oxygens (including phenoxy) is 1. The SMILES string of the molecule is CC1CN(C(=O)OC(C)(C)C)CCN1Cc1ccc(N)cc1. The zero-order valence-electron chi connectivity index (χ0n) is 14.0. The molecule has 2 N–H and O–H groups in total. The van der Waals surface area contributed by atoms with E-state index >= 15 is 0 Å². The van der Waals surface area contributed by atoms with Crippen LogP contribution in [0.4, 0.5) is 10.5 Å². The van der Waals surface area contributed by atoms with Crippen LogP contribution in [0.2, 0.25) is 0 Å². The van der Waals surface area contributed by atoms with Crippen LogP contribution in [0.1, 0.15) is 33.3 Å². The van der Waals surface area contributed by atoms with Crippen LogP contribution in [-0.4, -0.2) is 47.2 Å². The van der Waals surface area contributed by atoms with Crippen molar-refractivity contribution in [3.05, 3.63) is 29.8 Å². The minimum atomic E-state index is -0.443. The van der Waals surface area contributed by atoms with Crippen LogP contribution in [0.15, 0.2) is 24.3 Å². The highest BCUT2D eigenvalue weighted by atomic mass is 16.6.